The highest BCUT2D eigenvalue weighted by atomic mass is 28.4. The summed E-state index contributed by atoms with van der Waals surface area (Å²) >= 11 is 0. The first-order valence-corrected chi connectivity index (χ1v) is 16.0. The van der Waals surface area contributed by atoms with Gasteiger partial charge in [-0.3, -0.25) is 0 Å². The van der Waals surface area contributed by atoms with Gasteiger partial charge in [0.2, 0.25) is 0 Å². The number of rotatable bonds is 2. The molecule has 5 aliphatic rings. The molecule has 4 aliphatic carbocycles. The monoisotopic (exact) mass is 446 g/mol. The van der Waals surface area contributed by atoms with Crippen molar-refractivity contribution in [3.05, 3.63) is 11.6 Å². The molecular formula is C27H46O3Si. The maximum absolute atomic E-state index is 6.91. The highest BCUT2D eigenvalue weighted by Gasteiger charge is 2.65. The molecule has 0 bridgehead atoms. The van der Waals surface area contributed by atoms with Crippen LogP contribution in [-0.2, 0) is 13.9 Å². The fourth-order valence-corrected chi connectivity index (χ4v) is 9.48. The Kier molecular flexibility index (Phi) is 5.23. The molecule has 1 spiro atoms. The maximum atomic E-state index is 6.91. The van der Waals surface area contributed by atoms with Crippen LogP contribution in [0.15, 0.2) is 11.6 Å². The lowest BCUT2D eigenvalue weighted by molar-refractivity contribution is -0.229. The van der Waals surface area contributed by atoms with Crippen LogP contribution in [-0.4, -0.2) is 33.4 Å². The quantitative estimate of drug-likeness (QED) is 0.335. The van der Waals surface area contributed by atoms with Gasteiger partial charge in [0.25, 0.3) is 0 Å². The summed E-state index contributed by atoms with van der Waals surface area (Å²) in [5, 5.41) is 0.296. The number of fused-ring (bicyclic) bond motifs is 6. The Morgan fingerprint density at radius 3 is 2.39 bits per heavy atom. The van der Waals surface area contributed by atoms with E-state index in [1.807, 2.05) is 5.57 Å². The molecule has 176 valence electrons. The summed E-state index contributed by atoms with van der Waals surface area (Å²) in [6.45, 7) is 18.6. The second-order valence-electron chi connectivity index (χ2n) is 13.4. The smallest absolute Gasteiger partial charge is 0.192 e. The molecule has 6 atom stereocenters. The predicted octanol–water partition coefficient (Wildman–Crippen LogP) is 7.08. The normalized spacial score (nSPS) is 44.5. The van der Waals surface area contributed by atoms with Crippen molar-refractivity contribution in [1.29, 1.82) is 0 Å². The van der Waals surface area contributed by atoms with Gasteiger partial charge >= 0.3 is 0 Å². The van der Waals surface area contributed by atoms with Gasteiger partial charge in [-0.25, -0.2) is 0 Å². The lowest BCUT2D eigenvalue weighted by Gasteiger charge is -2.58. The average Bonchev–Trinajstić information content (AvgIpc) is 3.27. The van der Waals surface area contributed by atoms with E-state index in [2.05, 4.69) is 53.8 Å². The highest BCUT2D eigenvalue weighted by Crippen LogP contribution is 2.67. The molecule has 0 aromatic carbocycles. The fourth-order valence-electron chi connectivity index (χ4n) is 8.07. The molecule has 0 aromatic heterocycles. The van der Waals surface area contributed by atoms with Gasteiger partial charge in [-0.15, -0.1) is 0 Å². The molecule has 3 nitrogen and oxygen atoms in total. The molecule has 3 saturated carbocycles. The zero-order chi connectivity index (χ0) is 22.3. The number of ether oxygens (including phenoxy) is 2. The number of hydrogen-bond donors (Lipinski definition) is 0. The largest absolute Gasteiger partial charge is 0.414 e. The fraction of sp³-hybridized carbons (Fsp3) is 0.926. The van der Waals surface area contributed by atoms with Gasteiger partial charge in [-0.1, -0.05) is 46.3 Å². The minimum absolute atomic E-state index is 0.156. The molecule has 4 unspecified atom stereocenters. The molecular weight excluding hydrogens is 400 g/mol. The van der Waals surface area contributed by atoms with Crippen molar-refractivity contribution >= 4 is 8.32 Å². The molecule has 0 radical (unpaired) electrons. The van der Waals surface area contributed by atoms with Crippen LogP contribution < -0.4 is 0 Å². The molecule has 1 aliphatic heterocycles. The Morgan fingerprint density at radius 1 is 1.00 bits per heavy atom. The Morgan fingerprint density at radius 2 is 1.71 bits per heavy atom. The summed E-state index contributed by atoms with van der Waals surface area (Å²) in [6, 6.07) is 0. The van der Waals surface area contributed by atoms with Gasteiger partial charge in [0, 0.05) is 17.9 Å². The third-order valence-corrected chi connectivity index (χ3v) is 15.6. The van der Waals surface area contributed by atoms with Gasteiger partial charge in [-0.05, 0) is 86.2 Å². The second kappa shape index (κ2) is 7.17. The summed E-state index contributed by atoms with van der Waals surface area (Å²) in [5.74, 6) is 1.96. The summed E-state index contributed by atoms with van der Waals surface area (Å²) < 4.78 is 19.5. The molecule has 0 amide bonds. The molecule has 1 heterocycles. The van der Waals surface area contributed by atoms with Gasteiger partial charge < -0.3 is 13.9 Å². The van der Waals surface area contributed by atoms with Crippen LogP contribution in [0.4, 0.5) is 0 Å². The van der Waals surface area contributed by atoms with Crippen LogP contribution in [0.1, 0.15) is 86.0 Å². The van der Waals surface area contributed by atoms with Crippen molar-refractivity contribution in [1.82, 2.24) is 0 Å². The van der Waals surface area contributed by atoms with Gasteiger partial charge in [-0.2, -0.15) is 0 Å². The first-order chi connectivity index (χ1) is 14.4. The standard InChI is InChI=1S/C27H46O3Si/c1-24(2,3)31(6,7)30-20-10-13-25(4)19(18-20)8-9-21-22(25)11-14-26(5)23(21)12-15-27(26)28-16-17-29-27/h11,19-21,23H,8-10,12-18H2,1-7H3/t19?,20?,21?,23?,25-,26-/m0/s1. The van der Waals surface area contributed by atoms with E-state index in [1.165, 1.54) is 38.5 Å². The Balaban J connectivity index is 1.36. The van der Waals surface area contributed by atoms with E-state index in [4.69, 9.17) is 13.9 Å². The summed E-state index contributed by atoms with van der Waals surface area (Å²) in [5.41, 5.74) is 2.35. The van der Waals surface area contributed by atoms with E-state index in [-0.39, 0.29) is 11.2 Å². The van der Waals surface area contributed by atoms with E-state index >= 15 is 0 Å². The first-order valence-electron chi connectivity index (χ1n) is 13.1. The summed E-state index contributed by atoms with van der Waals surface area (Å²) in [6.07, 6.45) is 13.2. The molecule has 31 heavy (non-hydrogen) atoms. The summed E-state index contributed by atoms with van der Waals surface area (Å²) in [7, 11) is -1.70. The lowest BCUT2D eigenvalue weighted by Crippen LogP contribution is -2.53. The predicted molar refractivity (Wildman–Crippen MR) is 128 cm³/mol. The maximum Gasteiger partial charge on any atom is 0.192 e. The highest BCUT2D eigenvalue weighted by molar-refractivity contribution is 6.74. The number of allylic oxidation sites excluding steroid dienone is 2. The second-order valence-corrected chi connectivity index (χ2v) is 18.2. The Bertz CT molecular complexity index is 746. The van der Waals surface area contributed by atoms with Gasteiger partial charge in [0.05, 0.1) is 13.2 Å². The zero-order valence-electron chi connectivity index (χ0n) is 21.2. The average molecular weight is 447 g/mol. The minimum Gasteiger partial charge on any atom is -0.414 e. The Hall–Kier alpha value is -0.163. The molecule has 0 aromatic rings. The first kappa shape index (κ1) is 22.6. The van der Waals surface area contributed by atoms with E-state index in [0.29, 0.717) is 16.6 Å². The van der Waals surface area contributed by atoms with Crippen LogP contribution in [0.25, 0.3) is 0 Å². The van der Waals surface area contributed by atoms with Crippen molar-refractivity contribution in [3.8, 4) is 0 Å². The topological polar surface area (TPSA) is 27.7 Å². The van der Waals surface area contributed by atoms with Crippen molar-refractivity contribution in [2.75, 3.05) is 13.2 Å². The molecule has 4 fully saturated rings. The van der Waals surface area contributed by atoms with E-state index in [1.54, 1.807) is 0 Å². The SMILES string of the molecule is CC(C)(C)[Si](C)(C)OC1CC[C@]2(C)C3=CC[C@@]4(C)C(CCC45OCCO5)C3CCC2C1. The number of hydrogen-bond acceptors (Lipinski definition) is 3. The zero-order valence-corrected chi connectivity index (χ0v) is 22.2. The van der Waals surface area contributed by atoms with Crippen LogP contribution in [0.3, 0.4) is 0 Å². The third kappa shape index (κ3) is 3.21. The van der Waals surface area contributed by atoms with Crippen molar-refractivity contribution < 1.29 is 13.9 Å². The van der Waals surface area contributed by atoms with Gasteiger partial charge in [0.15, 0.2) is 14.1 Å². The van der Waals surface area contributed by atoms with Gasteiger partial charge in [0.1, 0.15) is 0 Å². The minimum atomic E-state index is -1.70. The molecule has 0 N–H and O–H groups in total. The van der Waals surface area contributed by atoms with Crippen LogP contribution in [0.2, 0.25) is 18.1 Å². The Labute approximate surface area is 191 Å². The third-order valence-electron chi connectivity index (χ3n) is 11.0. The summed E-state index contributed by atoms with van der Waals surface area (Å²) in [4.78, 5) is 0. The molecule has 1 saturated heterocycles. The molecule has 4 heteroatoms. The van der Waals surface area contributed by atoms with Crippen LogP contribution >= 0.6 is 0 Å². The lowest BCUT2D eigenvalue weighted by atomic mass is 9.49. The van der Waals surface area contributed by atoms with Crippen LogP contribution in [0.5, 0.6) is 0 Å². The molecule has 5 rings (SSSR count). The van der Waals surface area contributed by atoms with Crippen LogP contribution in [0, 0.1) is 28.6 Å². The van der Waals surface area contributed by atoms with E-state index in [0.717, 1.165) is 43.8 Å². The van der Waals surface area contributed by atoms with E-state index < -0.39 is 8.32 Å². The van der Waals surface area contributed by atoms with Crippen molar-refractivity contribution in [2.24, 2.45) is 28.6 Å². The van der Waals surface area contributed by atoms with Crippen molar-refractivity contribution in [3.63, 3.8) is 0 Å². The van der Waals surface area contributed by atoms with E-state index in [9.17, 15) is 0 Å². The van der Waals surface area contributed by atoms with Crippen molar-refractivity contribution in [2.45, 2.75) is 116 Å².